The van der Waals surface area contributed by atoms with Gasteiger partial charge in [-0.1, -0.05) is 41.4 Å². The van der Waals surface area contributed by atoms with Gasteiger partial charge in [0.15, 0.2) is 0 Å². The van der Waals surface area contributed by atoms with E-state index in [1.807, 2.05) is 23.6 Å². The molecule has 2 fully saturated rings. The summed E-state index contributed by atoms with van der Waals surface area (Å²) in [6.07, 6.45) is 4.74. The predicted molar refractivity (Wildman–Crippen MR) is 157 cm³/mol. The minimum atomic E-state index is -1.18. The maximum atomic E-state index is 16.2. The lowest BCUT2D eigenvalue weighted by molar-refractivity contribution is -0.128. The van der Waals surface area contributed by atoms with Crippen molar-refractivity contribution in [3.05, 3.63) is 98.2 Å². The molecule has 1 N–H and O–H groups in total. The highest BCUT2D eigenvalue weighted by Crippen LogP contribution is 2.65. The van der Waals surface area contributed by atoms with Gasteiger partial charge in [-0.25, -0.2) is 14.2 Å². The van der Waals surface area contributed by atoms with E-state index in [0.717, 1.165) is 35.4 Å². The highest BCUT2D eigenvalue weighted by atomic mass is 35.5. The number of amides is 1. The zero-order valence-corrected chi connectivity index (χ0v) is 24.5. The third-order valence-electron chi connectivity index (χ3n) is 9.74. The normalized spacial score (nSPS) is 26.0. The van der Waals surface area contributed by atoms with Gasteiger partial charge >= 0.3 is 5.97 Å². The molecule has 1 amide bonds. The molecule has 7 nitrogen and oxygen atoms in total. The first-order valence-electron chi connectivity index (χ1n) is 14.2. The van der Waals surface area contributed by atoms with Gasteiger partial charge in [0.1, 0.15) is 17.0 Å². The molecule has 10 heteroatoms. The lowest BCUT2D eigenvalue weighted by Crippen LogP contribution is -2.53. The number of carbonyl (C=O) groups is 2. The number of likely N-dealkylation sites (tertiary alicyclic amines) is 1. The topological polar surface area (TPSA) is 75.9 Å². The Kier molecular flexibility index (Phi) is 5.62. The number of benzene rings is 2. The minimum absolute atomic E-state index is 0.0149. The SMILES string of the molecule is COC(=O)c1cc2nc3c(n2cc1C)C[C@H]1[C@@H]3[C@H](c2cccc(Cl)c2F)[C@]2(C(=O)Nc3cc(Cl)ccc32)N1CC1CC1. The molecular weight excluding hydrogens is 578 g/mol. The number of pyridine rings is 1. The molecule has 1 saturated heterocycles. The van der Waals surface area contributed by atoms with E-state index >= 15 is 4.39 Å². The van der Waals surface area contributed by atoms with Crippen LogP contribution in [0.5, 0.6) is 0 Å². The summed E-state index contributed by atoms with van der Waals surface area (Å²) < 4.78 is 23.2. The number of hydrogen-bond donors (Lipinski definition) is 1. The Morgan fingerprint density at radius 1 is 1.21 bits per heavy atom. The monoisotopic (exact) mass is 604 g/mol. The van der Waals surface area contributed by atoms with Crippen molar-refractivity contribution in [2.24, 2.45) is 5.92 Å². The molecule has 214 valence electrons. The maximum absolute atomic E-state index is 16.2. The van der Waals surface area contributed by atoms with E-state index in [-0.39, 0.29) is 22.9 Å². The number of aromatic nitrogens is 2. The fourth-order valence-corrected chi connectivity index (χ4v) is 8.22. The Labute approximate surface area is 251 Å². The summed E-state index contributed by atoms with van der Waals surface area (Å²) in [5.74, 6) is -1.59. The first-order valence-corrected chi connectivity index (χ1v) is 14.9. The number of imidazole rings is 1. The van der Waals surface area contributed by atoms with E-state index in [0.29, 0.717) is 46.4 Å². The van der Waals surface area contributed by atoms with Gasteiger partial charge in [0.05, 0.1) is 23.4 Å². The molecule has 0 radical (unpaired) electrons. The molecule has 2 aromatic carbocycles. The van der Waals surface area contributed by atoms with Gasteiger partial charge in [-0.3, -0.25) is 9.69 Å². The molecule has 0 bridgehead atoms. The zero-order valence-electron chi connectivity index (χ0n) is 23.0. The Balaban J connectivity index is 1.41. The molecule has 42 heavy (non-hydrogen) atoms. The number of nitrogens with zero attached hydrogens (tertiary/aromatic N) is 3. The summed E-state index contributed by atoms with van der Waals surface area (Å²) in [7, 11) is 1.36. The van der Waals surface area contributed by atoms with Crippen molar-refractivity contribution in [1.29, 1.82) is 0 Å². The Morgan fingerprint density at radius 2 is 2.02 bits per heavy atom. The summed E-state index contributed by atoms with van der Waals surface area (Å²) in [6, 6.07) is 12.1. The Hall–Kier alpha value is -3.46. The van der Waals surface area contributed by atoms with E-state index < -0.39 is 23.2 Å². The fourth-order valence-electron chi connectivity index (χ4n) is 7.87. The van der Waals surface area contributed by atoms with Crippen molar-refractivity contribution in [1.82, 2.24) is 14.3 Å². The molecule has 4 aliphatic rings. The standard InChI is InChI=1S/C32H27Cl2FN4O3/c1-15-13-38-24-12-23-26(29(24)37-25(38)11-19(15)30(40)42-2)27(18-4-3-5-21(34)28(18)35)32(39(23)14-16-6-7-16)20-9-8-17(33)10-22(20)36-31(32)41/h3-5,8-11,13,16,23,26-27H,6-7,12,14H2,1-2H3,(H,36,41)/t23-,26+,27-,32+/m0/s1. The summed E-state index contributed by atoms with van der Waals surface area (Å²) in [6.45, 7) is 2.59. The smallest absolute Gasteiger partial charge is 0.338 e. The maximum Gasteiger partial charge on any atom is 0.338 e. The van der Waals surface area contributed by atoms with Crippen LogP contribution in [0.15, 0.2) is 48.7 Å². The summed E-state index contributed by atoms with van der Waals surface area (Å²) >= 11 is 12.8. The average Bonchev–Trinajstić information content (AvgIpc) is 3.43. The molecule has 0 unspecified atom stereocenters. The van der Waals surface area contributed by atoms with E-state index in [4.69, 9.17) is 32.9 Å². The molecular formula is C32H27Cl2FN4O3. The molecule has 4 heterocycles. The van der Waals surface area contributed by atoms with Crippen molar-refractivity contribution in [3.8, 4) is 0 Å². The molecule has 2 aliphatic heterocycles. The van der Waals surface area contributed by atoms with Crippen LogP contribution < -0.4 is 5.32 Å². The molecule has 2 aromatic heterocycles. The van der Waals surface area contributed by atoms with Gasteiger partial charge in [0, 0.05) is 59.0 Å². The predicted octanol–water partition coefficient (Wildman–Crippen LogP) is 6.24. The number of rotatable bonds is 4. The van der Waals surface area contributed by atoms with Gasteiger partial charge < -0.3 is 14.5 Å². The van der Waals surface area contributed by atoms with Crippen LogP contribution in [0.2, 0.25) is 10.0 Å². The molecule has 8 rings (SSSR count). The largest absolute Gasteiger partial charge is 0.465 e. The van der Waals surface area contributed by atoms with Crippen LogP contribution in [0, 0.1) is 18.7 Å². The molecule has 1 spiro atoms. The number of aryl methyl sites for hydroxylation is 1. The summed E-state index contributed by atoms with van der Waals surface area (Å²) in [4.78, 5) is 34.3. The average molecular weight is 605 g/mol. The van der Waals surface area contributed by atoms with E-state index in [9.17, 15) is 9.59 Å². The van der Waals surface area contributed by atoms with E-state index in [1.165, 1.54) is 13.2 Å². The lowest BCUT2D eigenvalue weighted by Gasteiger charge is -2.40. The van der Waals surface area contributed by atoms with Crippen LogP contribution in [-0.2, 0) is 21.5 Å². The second-order valence-electron chi connectivity index (χ2n) is 12.0. The number of esters is 1. The second-order valence-corrected chi connectivity index (χ2v) is 12.8. The molecule has 1 saturated carbocycles. The number of carbonyl (C=O) groups excluding carboxylic acids is 2. The van der Waals surface area contributed by atoms with Crippen LogP contribution in [-0.4, -0.2) is 45.9 Å². The van der Waals surface area contributed by atoms with Gasteiger partial charge in [-0.2, -0.15) is 0 Å². The van der Waals surface area contributed by atoms with Crippen LogP contribution in [0.3, 0.4) is 0 Å². The first kappa shape index (κ1) is 26.2. The van der Waals surface area contributed by atoms with Gasteiger partial charge in [-0.15, -0.1) is 0 Å². The third-order valence-corrected chi connectivity index (χ3v) is 10.3. The number of fused-ring (bicyclic) bond motifs is 7. The van der Waals surface area contributed by atoms with Gasteiger partial charge in [0.25, 0.3) is 0 Å². The van der Waals surface area contributed by atoms with E-state index in [1.54, 1.807) is 30.3 Å². The summed E-state index contributed by atoms with van der Waals surface area (Å²) in [5.41, 5.74) is 4.33. The first-order chi connectivity index (χ1) is 20.2. The Morgan fingerprint density at radius 3 is 2.79 bits per heavy atom. The van der Waals surface area contributed by atoms with Crippen molar-refractivity contribution < 1.29 is 18.7 Å². The van der Waals surface area contributed by atoms with Crippen molar-refractivity contribution >= 4 is 46.4 Å². The summed E-state index contributed by atoms with van der Waals surface area (Å²) in [5, 5.41) is 3.64. The third kappa shape index (κ3) is 3.40. The molecule has 2 aliphatic carbocycles. The van der Waals surface area contributed by atoms with Crippen LogP contribution in [0.25, 0.3) is 5.65 Å². The van der Waals surface area contributed by atoms with Crippen LogP contribution in [0.1, 0.15) is 63.1 Å². The van der Waals surface area contributed by atoms with E-state index in [2.05, 4.69) is 10.2 Å². The molecule has 4 aromatic rings. The number of hydrogen-bond acceptors (Lipinski definition) is 5. The van der Waals surface area contributed by atoms with Crippen LogP contribution >= 0.6 is 23.2 Å². The number of anilines is 1. The van der Waals surface area contributed by atoms with Crippen molar-refractivity contribution in [2.45, 2.75) is 49.6 Å². The molecule has 4 atom stereocenters. The quantitative estimate of drug-likeness (QED) is 0.279. The van der Waals surface area contributed by atoms with Gasteiger partial charge in [-0.05, 0) is 61.1 Å². The second kappa shape index (κ2) is 9.02. The Bertz CT molecular complexity index is 1850. The minimum Gasteiger partial charge on any atom is -0.465 e. The number of nitrogens with one attached hydrogen (secondary N) is 1. The van der Waals surface area contributed by atoms with Crippen LogP contribution in [0.4, 0.5) is 10.1 Å². The highest BCUT2D eigenvalue weighted by molar-refractivity contribution is 6.31. The zero-order chi connectivity index (χ0) is 29.1. The highest BCUT2D eigenvalue weighted by Gasteiger charge is 2.69. The lowest BCUT2D eigenvalue weighted by atomic mass is 9.71. The number of ether oxygens (including phenoxy) is 1. The number of methoxy groups -OCH3 is 1. The van der Waals surface area contributed by atoms with Crippen molar-refractivity contribution in [3.63, 3.8) is 0 Å². The fraction of sp³-hybridized carbons (Fsp3) is 0.344. The van der Waals surface area contributed by atoms with Crippen molar-refractivity contribution in [2.75, 3.05) is 19.0 Å². The number of halogens is 3. The van der Waals surface area contributed by atoms with Gasteiger partial charge in [0.2, 0.25) is 5.91 Å².